The standard InChI is InChI=1S/C16H11ClN4O3/c17-15-12(2-1-5-20-15)21-14(22)9-24-16(23)10-3-4-11-13(8-10)19-7-6-18-11/h1-8H,9H2,(H,21,22). The summed E-state index contributed by atoms with van der Waals surface area (Å²) in [5, 5.41) is 2.67. The molecule has 3 rings (SSSR count). The average Bonchev–Trinajstić information content (AvgIpc) is 2.61. The number of amides is 1. The van der Waals surface area contributed by atoms with E-state index in [-0.39, 0.29) is 10.7 Å². The first-order valence-electron chi connectivity index (χ1n) is 6.92. The molecule has 0 aliphatic rings. The van der Waals surface area contributed by atoms with E-state index in [1.165, 1.54) is 12.4 Å². The molecule has 8 heteroatoms. The normalized spacial score (nSPS) is 10.4. The van der Waals surface area contributed by atoms with Crippen molar-refractivity contribution in [2.45, 2.75) is 0 Å². The highest BCUT2D eigenvalue weighted by molar-refractivity contribution is 6.32. The maximum atomic E-state index is 12.0. The molecule has 0 radical (unpaired) electrons. The Morgan fingerprint density at radius 1 is 1.04 bits per heavy atom. The molecule has 1 amide bonds. The van der Waals surface area contributed by atoms with Gasteiger partial charge in [0.25, 0.3) is 5.91 Å². The number of nitrogens with zero attached hydrogens (tertiary/aromatic N) is 3. The fourth-order valence-electron chi connectivity index (χ4n) is 1.97. The van der Waals surface area contributed by atoms with Crippen molar-refractivity contribution in [3.8, 4) is 0 Å². The summed E-state index contributed by atoms with van der Waals surface area (Å²) < 4.78 is 4.99. The molecular weight excluding hydrogens is 332 g/mol. The van der Waals surface area contributed by atoms with Gasteiger partial charge in [0.15, 0.2) is 11.8 Å². The van der Waals surface area contributed by atoms with Crippen molar-refractivity contribution in [2.75, 3.05) is 11.9 Å². The molecule has 24 heavy (non-hydrogen) atoms. The van der Waals surface area contributed by atoms with Gasteiger partial charge in [-0.3, -0.25) is 14.8 Å². The predicted molar refractivity (Wildman–Crippen MR) is 87.7 cm³/mol. The number of halogens is 1. The van der Waals surface area contributed by atoms with Crippen LogP contribution in [0.3, 0.4) is 0 Å². The van der Waals surface area contributed by atoms with Crippen LogP contribution < -0.4 is 5.32 Å². The van der Waals surface area contributed by atoms with Crippen LogP contribution in [0.4, 0.5) is 5.69 Å². The van der Waals surface area contributed by atoms with Crippen LogP contribution in [0.5, 0.6) is 0 Å². The van der Waals surface area contributed by atoms with Crippen LogP contribution in [-0.4, -0.2) is 33.4 Å². The Morgan fingerprint density at radius 2 is 1.83 bits per heavy atom. The lowest BCUT2D eigenvalue weighted by Gasteiger charge is -2.07. The summed E-state index contributed by atoms with van der Waals surface area (Å²) >= 11 is 5.84. The van der Waals surface area contributed by atoms with Crippen LogP contribution >= 0.6 is 11.6 Å². The highest BCUT2D eigenvalue weighted by atomic mass is 35.5. The Bertz CT molecular complexity index is 916. The third kappa shape index (κ3) is 3.64. The minimum atomic E-state index is -0.630. The molecule has 0 aliphatic heterocycles. The Kier molecular flexibility index (Phi) is 4.62. The number of nitrogens with one attached hydrogen (secondary N) is 1. The van der Waals surface area contributed by atoms with Gasteiger partial charge in [-0.1, -0.05) is 11.6 Å². The molecule has 120 valence electrons. The molecule has 3 aromatic rings. The van der Waals surface area contributed by atoms with Crippen LogP contribution in [0.2, 0.25) is 5.15 Å². The summed E-state index contributed by atoms with van der Waals surface area (Å²) in [6, 6.07) is 8.00. The second-order valence-corrected chi connectivity index (χ2v) is 5.08. The van der Waals surface area contributed by atoms with E-state index in [0.29, 0.717) is 16.7 Å². The molecule has 2 heterocycles. The second kappa shape index (κ2) is 7.01. The molecule has 0 bridgehead atoms. The topological polar surface area (TPSA) is 94.1 Å². The number of benzene rings is 1. The van der Waals surface area contributed by atoms with E-state index in [0.717, 1.165) is 0 Å². The first-order valence-corrected chi connectivity index (χ1v) is 7.29. The van der Waals surface area contributed by atoms with Gasteiger partial charge in [0.2, 0.25) is 0 Å². The molecule has 0 fully saturated rings. The van der Waals surface area contributed by atoms with Gasteiger partial charge in [-0.25, -0.2) is 9.78 Å². The number of rotatable bonds is 4. The fraction of sp³-hybridized carbons (Fsp3) is 0.0625. The Hall–Kier alpha value is -3.06. The summed E-state index contributed by atoms with van der Waals surface area (Å²) in [5.41, 5.74) is 1.87. The SMILES string of the molecule is O=C(COC(=O)c1ccc2nccnc2c1)Nc1cccnc1Cl. The molecule has 2 aromatic heterocycles. The zero-order chi connectivity index (χ0) is 16.9. The number of ether oxygens (including phenoxy) is 1. The number of esters is 1. The second-order valence-electron chi connectivity index (χ2n) is 4.73. The van der Waals surface area contributed by atoms with Gasteiger partial charge in [-0.2, -0.15) is 0 Å². The van der Waals surface area contributed by atoms with E-state index < -0.39 is 18.5 Å². The average molecular weight is 343 g/mol. The minimum absolute atomic E-state index is 0.158. The van der Waals surface area contributed by atoms with Gasteiger partial charge >= 0.3 is 5.97 Å². The van der Waals surface area contributed by atoms with Gasteiger partial charge in [0, 0.05) is 18.6 Å². The lowest BCUT2D eigenvalue weighted by molar-refractivity contribution is -0.119. The van der Waals surface area contributed by atoms with Crippen molar-refractivity contribution in [3.63, 3.8) is 0 Å². The smallest absolute Gasteiger partial charge is 0.338 e. The molecule has 7 nitrogen and oxygen atoms in total. The Balaban J connectivity index is 1.62. The van der Waals surface area contributed by atoms with E-state index in [2.05, 4.69) is 20.3 Å². The number of hydrogen-bond donors (Lipinski definition) is 1. The summed E-state index contributed by atoms with van der Waals surface area (Å²) in [7, 11) is 0. The highest BCUT2D eigenvalue weighted by Crippen LogP contribution is 2.17. The molecule has 0 saturated heterocycles. The number of carbonyl (C=O) groups is 2. The zero-order valence-electron chi connectivity index (χ0n) is 12.3. The predicted octanol–water partition coefficient (Wildman–Crippen LogP) is 2.47. The van der Waals surface area contributed by atoms with Crippen molar-refractivity contribution in [3.05, 3.63) is 59.6 Å². The van der Waals surface area contributed by atoms with Crippen molar-refractivity contribution >= 4 is 40.2 Å². The number of hydrogen-bond acceptors (Lipinski definition) is 6. The molecular formula is C16H11ClN4O3. The van der Waals surface area contributed by atoms with Crippen LogP contribution in [0.15, 0.2) is 48.9 Å². The van der Waals surface area contributed by atoms with E-state index in [9.17, 15) is 9.59 Å². The molecule has 0 unspecified atom stereocenters. The van der Waals surface area contributed by atoms with Gasteiger partial charge < -0.3 is 10.1 Å². The third-order valence-electron chi connectivity index (χ3n) is 3.07. The van der Waals surface area contributed by atoms with Crippen LogP contribution in [0.25, 0.3) is 11.0 Å². The fourth-order valence-corrected chi connectivity index (χ4v) is 2.14. The summed E-state index contributed by atoms with van der Waals surface area (Å²) in [5.74, 6) is -1.14. The molecule has 1 aromatic carbocycles. The van der Waals surface area contributed by atoms with Crippen LogP contribution in [-0.2, 0) is 9.53 Å². The first-order chi connectivity index (χ1) is 11.6. The number of fused-ring (bicyclic) bond motifs is 1. The maximum absolute atomic E-state index is 12.0. The van der Waals surface area contributed by atoms with Gasteiger partial charge in [-0.05, 0) is 30.3 Å². The van der Waals surface area contributed by atoms with E-state index >= 15 is 0 Å². The molecule has 0 aliphatic carbocycles. The van der Waals surface area contributed by atoms with E-state index in [4.69, 9.17) is 16.3 Å². The van der Waals surface area contributed by atoms with Crippen LogP contribution in [0.1, 0.15) is 10.4 Å². The lowest BCUT2D eigenvalue weighted by Crippen LogP contribution is -2.21. The van der Waals surface area contributed by atoms with E-state index in [1.54, 1.807) is 36.5 Å². The Labute approximate surface area is 141 Å². The van der Waals surface area contributed by atoms with Crippen molar-refractivity contribution in [1.29, 1.82) is 0 Å². The number of carbonyl (C=O) groups excluding carboxylic acids is 2. The quantitative estimate of drug-likeness (QED) is 0.578. The highest BCUT2D eigenvalue weighted by Gasteiger charge is 2.12. The summed E-state index contributed by atoms with van der Waals surface area (Å²) in [6.07, 6.45) is 4.59. The summed E-state index contributed by atoms with van der Waals surface area (Å²) in [4.78, 5) is 35.9. The van der Waals surface area contributed by atoms with E-state index in [1.807, 2.05) is 0 Å². The minimum Gasteiger partial charge on any atom is -0.452 e. The molecule has 0 atom stereocenters. The number of pyridine rings is 1. The first kappa shape index (κ1) is 15.8. The van der Waals surface area contributed by atoms with Crippen molar-refractivity contribution in [2.24, 2.45) is 0 Å². The summed E-state index contributed by atoms with van der Waals surface area (Å²) in [6.45, 7) is -0.442. The van der Waals surface area contributed by atoms with Crippen molar-refractivity contribution < 1.29 is 14.3 Å². The zero-order valence-corrected chi connectivity index (χ0v) is 13.0. The third-order valence-corrected chi connectivity index (χ3v) is 3.37. The van der Waals surface area contributed by atoms with Crippen LogP contribution in [0, 0.1) is 0 Å². The van der Waals surface area contributed by atoms with Gasteiger partial charge in [0.1, 0.15) is 0 Å². The monoisotopic (exact) mass is 342 g/mol. The van der Waals surface area contributed by atoms with Crippen molar-refractivity contribution in [1.82, 2.24) is 15.0 Å². The Morgan fingerprint density at radius 3 is 2.62 bits per heavy atom. The largest absolute Gasteiger partial charge is 0.452 e. The van der Waals surface area contributed by atoms with Gasteiger partial charge in [0.05, 0.1) is 22.3 Å². The molecule has 1 N–H and O–H groups in total. The number of anilines is 1. The lowest BCUT2D eigenvalue weighted by atomic mass is 10.2. The molecule has 0 spiro atoms. The molecule has 0 saturated carbocycles. The van der Waals surface area contributed by atoms with Gasteiger partial charge in [-0.15, -0.1) is 0 Å². The number of aromatic nitrogens is 3. The maximum Gasteiger partial charge on any atom is 0.338 e.